The topological polar surface area (TPSA) is 66.9 Å². The van der Waals surface area contributed by atoms with E-state index in [4.69, 9.17) is 27.9 Å². The van der Waals surface area contributed by atoms with Crippen LogP contribution in [-0.2, 0) is 14.8 Å². The number of amides is 1. The fourth-order valence-electron chi connectivity index (χ4n) is 3.09. The number of sulfonamides is 1. The van der Waals surface area contributed by atoms with Crippen molar-refractivity contribution in [2.24, 2.45) is 0 Å². The summed E-state index contributed by atoms with van der Waals surface area (Å²) in [7, 11) is -3.79. The van der Waals surface area contributed by atoms with E-state index in [1.165, 1.54) is 22.5 Å². The monoisotopic (exact) mass is 456 g/mol. The third-order valence-electron chi connectivity index (χ3n) is 4.74. The number of rotatable bonds is 5. The number of hydrogen-bond acceptors (Lipinski definition) is 4. The average Bonchev–Trinajstić information content (AvgIpc) is 2.71. The summed E-state index contributed by atoms with van der Waals surface area (Å²) in [6.07, 6.45) is -0.664. The Kier molecular flexibility index (Phi) is 6.73. The van der Waals surface area contributed by atoms with E-state index >= 15 is 0 Å². The van der Waals surface area contributed by atoms with Gasteiger partial charge in [-0.25, -0.2) is 8.42 Å². The molecule has 3 rings (SSSR count). The number of ether oxygens (including phenoxy) is 1. The SMILES string of the molecule is Cc1ccc(OC(C)C(=O)N2CCN(S(=O)(=O)c3cc(Cl)ccc3Cl)CC2)cc1. The van der Waals surface area contributed by atoms with Gasteiger partial charge in [0.2, 0.25) is 10.0 Å². The summed E-state index contributed by atoms with van der Waals surface area (Å²) >= 11 is 12.0. The van der Waals surface area contributed by atoms with Crippen molar-refractivity contribution in [3.63, 3.8) is 0 Å². The zero-order chi connectivity index (χ0) is 21.2. The van der Waals surface area contributed by atoms with E-state index in [-0.39, 0.29) is 42.0 Å². The minimum absolute atomic E-state index is 0.0254. The van der Waals surface area contributed by atoms with Gasteiger partial charge in [-0.2, -0.15) is 4.31 Å². The van der Waals surface area contributed by atoms with Gasteiger partial charge in [-0.1, -0.05) is 40.9 Å². The lowest BCUT2D eigenvalue weighted by Gasteiger charge is -2.35. The van der Waals surface area contributed by atoms with Crippen molar-refractivity contribution in [1.82, 2.24) is 9.21 Å². The lowest BCUT2D eigenvalue weighted by Crippen LogP contribution is -2.53. The van der Waals surface area contributed by atoms with E-state index < -0.39 is 16.1 Å². The molecule has 1 fully saturated rings. The minimum atomic E-state index is -3.79. The Bertz CT molecular complexity index is 988. The highest BCUT2D eigenvalue weighted by Gasteiger charge is 2.33. The average molecular weight is 457 g/mol. The van der Waals surface area contributed by atoms with Crippen molar-refractivity contribution in [3.05, 3.63) is 58.1 Å². The molecule has 2 aromatic carbocycles. The van der Waals surface area contributed by atoms with Gasteiger partial charge in [-0.15, -0.1) is 0 Å². The quantitative estimate of drug-likeness (QED) is 0.688. The third kappa shape index (κ3) is 5.04. The minimum Gasteiger partial charge on any atom is -0.481 e. The van der Waals surface area contributed by atoms with Gasteiger partial charge in [0, 0.05) is 31.2 Å². The lowest BCUT2D eigenvalue weighted by atomic mass is 10.2. The van der Waals surface area contributed by atoms with Crippen molar-refractivity contribution in [2.45, 2.75) is 24.8 Å². The number of carbonyl (C=O) groups excluding carboxylic acids is 1. The first kappa shape index (κ1) is 21.9. The Morgan fingerprint density at radius 1 is 1.03 bits per heavy atom. The van der Waals surface area contributed by atoms with E-state index in [9.17, 15) is 13.2 Å². The molecule has 1 heterocycles. The number of piperazine rings is 1. The molecule has 1 amide bonds. The van der Waals surface area contributed by atoms with Crippen LogP contribution in [0.4, 0.5) is 0 Å². The Hall–Kier alpha value is -1.80. The molecule has 1 unspecified atom stereocenters. The maximum absolute atomic E-state index is 12.9. The molecule has 0 radical (unpaired) electrons. The molecule has 0 aliphatic carbocycles. The van der Waals surface area contributed by atoms with Crippen molar-refractivity contribution < 1.29 is 17.9 Å². The van der Waals surface area contributed by atoms with Gasteiger partial charge in [0.15, 0.2) is 6.10 Å². The zero-order valence-electron chi connectivity index (χ0n) is 16.1. The summed E-state index contributed by atoms with van der Waals surface area (Å²) in [5, 5.41) is 0.414. The van der Waals surface area contributed by atoms with E-state index in [0.717, 1.165) is 5.56 Å². The third-order valence-corrected chi connectivity index (χ3v) is 7.36. The Morgan fingerprint density at radius 3 is 2.28 bits per heavy atom. The molecule has 0 saturated carbocycles. The van der Waals surface area contributed by atoms with Crippen molar-refractivity contribution in [2.75, 3.05) is 26.2 Å². The lowest BCUT2D eigenvalue weighted by molar-refractivity contribution is -0.139. The molecule has 1 saturated heterocycles. The first-order chi connectivity index (χ1) is 13.7. The highest BCUT2D eigenvalue weighted by Crippen LogP contribution is 2.28. The molecule has 0 bridgehead atoms. The number of hydrogen-bond donors (Lipinski definition) is 0. The molecule has 29 heavy (non-hydrogen) atoms. The summed E-state index contributed by atoms with van der Waals surface area (Å²) in [6.45, 7) is 4.57. The molecule has 156 valence electrons. The molecular formula is C20H22Cl2N2O4S. The molecule has 1 aliphatic rings. The van der Waals surface area contributed by atoms with Crippen LogP contribution < -0.4 is 4.74 Å². The summed E-state index contributed by atoms with van der Waals surface area (Å²) in [5.41, 5.74) is 1.11. The Morgan fingerprint density at radius 2 is 1.66 bits per heavy atom. The first-order valence-electron chi connectivity index (χ1n) is 9.16. The predicted molar refractivity (Wildman–Crippen MR) is 113 cm³/mol. The molecular weight excluding hydrogens is 435 g/mol. The van der Waals surface area contributed by atoms with Gasteiger partial charge < -0.3 is 9.64 Å². The molecule has 0 aromatic heterocycles. The van der Waals surface area contributed by atoms with Crippen LogP contribution in [-0.4, -0.2) is 55.8 Å². The summed E-state index contributed by atoms with van der Waals surface area (Å²) < 4.78 is 32.8. The summed E-state index contributed by atoms with van der Waals surface area (Å²) in [4.78, 5) is 14.3. The van der Waals surface area contributed by atoms with Crippen LogP contribution >= 0.6 is 23.2 Å². The van der Waals surface area contributed by atoms with Crippen LogP contribution in [0, 0.1) is 6.92 Å². The first-order valence-corrected chi connectivity index (χ1v) is 11.4. The van der Waals surface area contributed by atoms with Crippen LogP contribution in [0.3, 0.4) is 0 Å². The molecule has 0 N–H and O–H groups in total. The number of carbonyl (C=O) groups is 1. The van der Waals surface area contributed by atoms with Gasteiger partial charge in [-0.05, 0) is 44.2 Å². The maximum Gasteiger partial charge on any atom is 0.263 e. The largest absolute Gasteiger partial charge is 0.481 e. The molecule has 0 spiro atoms. The molecule has 6 nitrogen and oxygen atoms in total. The second kappa shape index (κ2) is 8.92. The molecule has 9 heteroatoms. The molecule has 1 atom stereocenters. The highest BCUT2D eigenvalue weighted by molar-refractivity contribution is 7.89. The number of aryl methyl sites for hydroxylation is 1. The van der Waals surface area contributed by atoms with Crippen molar-refractivity contribution in [3.8, 4) is 5.75 Å². The number of halogens is 2. The van der Waals surface area contributed by atoms with Crippen molar-refractivity contribution in [1.29, 1.82) is 0 Å². The van der Waals surface area contributed by atoms with Crippen LogP contribution in [0.2, 0.25) is 10.0 Å². The van der Waals surface area contributed by atoms with Crippen LogP contribution in [0.15, 0.2) is 47.4 Å². The van der Waals surface area contributed by atoms with Gasteiger partial charge in [0.1, 0.15) is 10.6 Å². The van der Waals surface area contributed by atoms with Crippen molar-refractivity contribution >= 4 is 39.1 Å². The summed E-state index contributed by atoms with van der Waals surface area (Å²) in [6, 6.07) is 11.8. The van der Waals surface area contributed by atoms with E-state index in [2.05, 4.69) is 0 Å². The van der Waals surface area contributed by atoms with Gasteiger partial charge in [0.25, 0.3) is 5.91 Å². The Labute approximate surface area is 181 Å². The Balaban J connectivity index is 1.62. The van der Waals surface area contributed by atoms with Crippen LogP contribution in [0.25, 0.3) is 0 Å². The zero-order valence-corrected chi connectivity index (χ0v) is 18.5. The fraction of sp³-hybridized carbons (Fsp3) is 0.350. The fourth-order valence-corrected chi connectivity index (χ4v) is 5.25. The van der Waals surface area contributed by atoms with Crippen LogP contribution in [0.1, 0.15) is 12.5 Å². The second-order valence-corrected chi connectivity index (χ2v) is 9.63. The predicted octanol–water partition coefficient (Wildman–Crippen LogP) is 3.60. The molecule has 1 aliphatic heterocycles. The van der Waals surface area contributed by atoms with Gasteiger partial charge >= 0.3 is 0 Å². The highest BCUT2D eigenvalue weighted by atomic mass is 35.5. The standard InChI is InChI=1S/C20H22Cl2N2O4S/c1-14-3-6-17(7-4-14)28-15(2)20(25)23-9-11-24(12-10-23)29(26,27)19-13-16(21)5-8-18(19)22/h3-8,13,15H,9-12H2,1-2H3. The second-order valence-electron chi connectivity index (χ2n) is 6.88. The number of nitrogens with zero attached hydrogens (tertiary/aromatic N) is 2. The van der Waals surface area contributed by atoms with Crippen LogP contribution in [0.5, 0.6) is 5.75 Å². The maximum atomic E-state index is 12.9. The number of benzene rings is 2. The smallest absolute Gasteiger partial charge is 0.263 e. The van der Waals surface area contributed by atoms with Gasteiger partial charge in [-0.3, -0.25) is 4.79 Å². The van der Waals surface area contributed by atoms with E-state index in [0.29, 0.717) is 10.8 Å². The normalized spacial score (nSPS) is 16.5. The van der Waals surface area contributed by atoms with E-state index in [1.807, 2.05) is 31.2 Å². The summed E-state index contributed by atoms with van der Waals surface area (Å²) in [5.74, 6) is 0.441. The molecule has 2 aromatic rings. The van der Waals surface area contributed by atoms with Gasteiger partial charge in [0.05, 0.1) is 5.02 Å². The van der Waals surface area contributed by atoms with E-state index in [1.54, 1.807) is 11.8 Å².